The van der Waals surface area contributed by atoms with Gasteiger partial charge in [0, 0.05) is 17.0 Å². The lowest BCUT2D eigenvalue weighted by molar-refractivity contribution is -0.143. The van der Waals surface area contributed by atoms with E-state index in [0.717, 1.165) is 25.9 Å². The van der Waals surface area contributed by atoms with Crippen LogP contribution < -0.4 is 5.32 Å². The van der Waals surface area contributed by atoms with Crippen molar-refractivity contribution in [2.75, 3.05) is 13.1 Å². The third-order valence-electron chi connectivity index (χ3n) is 4.37. The standard InChI is InChI=1S/C17H23ClN2O3/c1-11(2)20-9-7-13(8-10-20)16(21)19-15(17(22)23)12-3-5-14(18)6-4-12/h3-6,11,13,15H,7-10H2,1-2H3,(H,19,21)(H,22,23). The van der Waals surface area contributed by atoms with Crippen LogP contribution in [-0.4, -0.2) is 41.0 Å². The first-order valence-corrected chi connectivity index (χ1v) is 8.29. The first-order valence-electron chi connectivity index (χ1n) is 7.91. The molecule has 0 saturated carbocycles. The number of benzene rings is 1. The van der Waals surface area contributed by atoms with Crippen LogP contribution in [-0.2, 0) is 9.59 Å². The Morgan fingerprint density at radius 2 is 1.78 bits per heavy atom. The Bertz CT molecular complexity index is 551. The number of hydrogen-bond acceptors (Lipinski definition) is 3. The minimum atomic E-state index is -1.07. The lowest BCUT2D eigenvalue weighted by Crippen LogP contribution is -2.44. The maximum atomic E-state index is 12.4. The SMILES string of the molecule is CC(C)N1CCC(C(=O)NC(C(=O)O)c2ccc(Cl)cc2)CC1. The summed E-state index contributed by atoms with van der Waals surface area (Å²) < 4.78 is 0. The number of amides is 1. The number of carbonyl (C=O) groups excluding carboxylic acids is 1. The van der Waals surface area contributed by atoms with Crippen molar-refractivity contribution >= 4 is 23.5 Å². The summed E-state index contributed by atoms with van der Waals surface area (Å²) >= 11 is 5.82. The third-order valence-corrected chi connectivity index (χ3v) is 4.62. The van der Waals surface area contributed by atoms with E-state index in [-0.39, 0.29) is 11.8 Å². The van der Waals surface area contributed by atoms with Crippen LogP contribution in [0.3, 0.4) is 0 Å². The summed E-state index contributed by atoms with van der Waals surface area (Å²) in [6.07, 6.45) is 1.52. The topological polar surface area (TPSA) is 69.6 Å². The minimum Gasteiger partial charge on any atom is -0.479 e. The lowest BCUT2D eigenvalue weighted by Gasteiger charge is -2.34. The summed E-state index contributed by atoms with van der Waals surface area (Å²) in [5, 5.41) is 12.6. The molecular formula is C17H23ClN2O3. The zero-order valence-corrected chi connectivity index (χ0v) is 14.2. The molecule has 1 atom stereocenters. The second kappa shape index (κ2) is 7.79. The number of likely N-dealkylation sites (tertiary alicyclic amines) is 1. The highest BCUT2D eigenvalue weighted by atomic mass is 35.5. The molecule has 0 spiro atoms. The van der Waals surface area contributed by atoms with Crippen LogP contribution in [0.4, 0.5) is 0 Å². The summed E-state index contributed by atoms with van der Waals surface area (Å²) in [5.74, 6) is -1.38. The van der Waals surface area contributed by atoms with Crippen LogP contribution in [0.2, 0.25) is 5.02 Å². The molecule has 2 N–H and O–H groups in total. The van der Waals surface area contributed by atoms with Crippen molar-refractivity contribution in [1.82, 2.24) is 10.2 Å². The van der Waals surface area contributed by atoms with E-state index >= 15 is 0 Å². The van der Waals surface area contributed by atoms with Gasteiger partial charge >= 0.3 is 5.97 Å². The molecule has 2 rings (SSSR count). The first-order chi connectivity index (χ1) is 10.9. The fourth-order valence-corrected chi connectivity index (χ4v) is 3.01. The Hall–Kier alpha value is -1.59. The fraction of sp³-hybridized carbons (Fsp3) is 0.529. The molecule has 0 bridgehead atoms. The van der Waals surface area contributed by atoms with Gasteiger partial charge in [0.1, 0.15) is 0 Å². The van der Waals surface area contributed by atoms with Gasteiger partial charge in [-0.1, -0.05) is 23.7 Å². The molecular weight excluding hydrogens is 316 g/mol. The Labute approximate surface area is 141 Å². The van der Waals surface area contributed by atoms with Gasteiger partial charge in [0.2, 0.25) is 5.91 Å². The normalized spacial score (nSPS) is 17.9. The van der Waals surface area contributed by atoms with Crippen LogP contribution in [0.5, 0.6) is 0 Å². The predicted octanol–water partition coefficient (Wildman–Crippen LogP) is 2.70. The molecule has 1 heterocycles. The van der Waals surface area contributed by atoms with Gasteiger partial charge in [0.05, 0.1) is 0 Å². The molecule has 1 aliphatic rings. The highest BCUT2D eigenvalue weighted by Gasteiger charge is 2.29. The van der Waals surface area contributed by atoms with Crippen molar-refractivity contribution in [3.8, 4) is 0 Å². The van der Waals surface area contributed by atoms with E-state index in [1.165, 1.54) is 0 Å². The number of piperidine rings is 1. The number of carboxylic acid groups (broad SMARTS) is 1. The molecule has 23 heavy (non-hydrogen) atoms. The highest BCUT2D eigenvalue weighted by molar-refractivity contribution is 6.30. The van der Waals surface area contributed by atoms with Crippen molar-refractivity contribution in [2.45, 2.75) is 38.8 Å². The number of nitrogens with zero attached hydrogens (tertiary/aromatic N) is 1. The van der Waals surface area contributed by atoms with E-state index < -0.39 is 12.0 Å². The molecule has 0 aromatic heterocycles. The molecule has 126 valence electrons. The maximum absolute atomic E-state index is 12.4. The van der Waals surface area contributed by atoms with E-state index in [4.69, 9.17) is 11.6 Å². The Balaban J connectivity index is 1.99. The summed E-state index contributed by atoms with van der Waals surface area (Å²) in [7, 11) is 0. The third kappa shape index (κ3) is 4.69. The Kier molecular flexibility index (Phi) is 6.02. The zero-order chi connectivity index (χ0) is 17.0. The van der Waals surface area contributed by atoms with Crippen molar-refractivity contribution in [2.24, 2.45) is 5.92 Å². The molecule has 1 unspecified atom stereocenters. The van der Waals surface area contributed by atoms with E-state index in [9.17, 15) is 14.7 Å². The summed E-state index contributed by atoms with van der Waals surface area (Å²) in [6, 6.07) is 5.94. The molecule has 1 saturated heterocycles. The number of carboxylic acids is 1. The Morgan fingerprint density at radius 3 is 2.26 bits per heavy atom. The quantitative estimate of drug-likeness (QED) is 0.866. The monoisotopic (exact) mass is 338 g/mol. The lowest BCUT2D eigenvalue weighted by atomic mass is 9.94. The van der Waals surface area contributed by atoms with E-state index in [1.807, 2.05) is 0 Å². The average Bonchev–Trinajstić information content (AvgIpc) is 2.53. The first kappa shape index (κ1) is 17.8. The van der Waals surface area contributed by atoms with Crippen LogP contribution in [0.1, 0.15) is 38.3 Å². The molecule has 0 radical (unpaired) electrons. The largest absolute Gasteiger partial charge is 0.479 e. The second-order valence-corrected chi connectivity index (χ2v) is 6.67. The second-order valence-electron chi connectivity index (χ2n) is 6.24. The number of carbonyl (C=O) groups is 2. The molecule has 1 aliphatic heterocycles. The molecule has 1 aromatic carbocycles. The van der Waals surface area contributed by atoms with Gasteiger partial charge in [-0.2, -0.15) is 0 Å². The van der Waals surface area contributed by atoms with Crippen molar-refractivity contribution < 1.29 is 14.7 Å². The molecule has 1 aromatic rings. The molecule has 5 nitrogen and oxygen atoms in total. The minimum absolute atomic E-state index is 0.126. The molecule has 0 aliphatic carbocycles. The van der Waals surface area contributed by atoms with Gasteiger partial charge in [-0.3, -0.25) is 4.79 Å². The maximum Gasteiger partial charge on any atom is 0.330 e. The summed E-state index contributed by atoms with van der Waals surface area (Å²) in [5.41, 5.74) is 0.523. The molecule has 6 heteroatoms. The van der Waals surface area contributed by atoms with Crippen molar-refractivity contribution in [1.29, 1.82) is 0 Å². The summed E-state index contributed by atoms with van der Waals surface area (Å²) in [6.45, 7) is 6.02. The van der Waals surface area contributed by atoms with Crippen LogP contribution in [0.25, 0.3) is 0 Å². The smallest absolute Gasteiger partial charge is 0.330 e. The molecule has 1 amide bonds. The highest BCUT2D eigenvalue weighted by Crippen LogP contribution is 2.22. The summed E-state index contributed by atoms with van der Waals surface area (Å²) in [4.78, 5) is 26.2. The average molecular weight is 339 g/mol. The predicted molar refractivity (Wildman–Crippen MR) is 89.4 cm³/mol. The fourth-order valence-electron chi connectivity index (χ4n) is 2.88. The van der Waals surface area contributed by atoms with Crippen molar-refractivity contribution in [3.05, 3.63) is 34.9 Å². The number of hydrogen-bond donors (Lipinski definition) is 2. The number of nitrogens with one attached hydrogen (secondary N) is 1. The van der Waals surface area contributed by atoms with Gasteiger partial charge in [-0.05, 0) is 57.5 Å². The van der Waals surface area contributed by atoms with E-state index in [2.05, 4.69) is 24.1 Å². The molecule has 1 fully saturated rings. The van der Waals surface area contributed by atoms with Crippen LogP contribution in [0, 0.1) is 5.92 Å². The van der Waals surface area contributed by atoms with Gasteiger partial charge in [-0.15, -0.1) is 0 Å². The van der Waals surface area contributed by atoms with Gasteiger partial charge in [0.25, 0.3) is 0 Å². The van der Waals surface area contributed by atoms with Crippen LogP contribution in [0.15, 0.2) is 24.3 Å². The van der Waals surface area contributed by atoms with Gasteiger partial charge < -0.3 is 15.3 Å². The number of rotatable bonds is 5. The van der Waals surface area contributed by atoms with Gasteiger partial charge in [-0.25, -0.2) is 4.79 Å². The van der Waals surface area contributed by atoms with E-state index in [1.54, 1.807) is 24.3 Å². The number of aliphatic carboxylic acids is 1. The van der Waals surface area contributed by atoms with E-state index in [0.29, 0.717) is 16.6 Å². The Morgan fingerprint density at radius 1 is 1.22 bits per heavy atom. The zero-order valence-electron chi connectivity index (χ0n) is 13.5. The van der Waals surface area contributed by atoms with Crippen molar-refractivity contribution in [3.63, 3.8) is 0 Å². The van der Waals surface area contributed by atoms with Crippen LogP contribution >= 0.6 is 11.6 Å². The number of halogens is 1. The van der Waals surface area contributed by atoms with Gasteiger partial charge in [0.15, 0.2) is 6.04 Å².